The van der Waals surface area contributed by atoms with Crippen molar-refractivity contribution in [3.63, 3.8) is 0 Å². The van der Waals surface area contributed by atoms with E-state index >= 15 is 0 Å². The molecule has 15 heavy (non-hydrogen) atoms. The van der Waals surface area contributed by atoms with E-state index in [4.69, 9.17) is 0 Å². The zero-order valence-corrected chi connectivity index (χ0v) is 8.95. The van der Waals surface area contributed by atoms with E-state index in [-0.39, 0.29) is 5.97 Å². The van der Waals surface area contributed by atoms with Crippen molar-refractivity contribution in [1.29, 1.82) is 0 Å². The number of hydrogen-bond acceptors (Lipinski definition) is 3. The van der Waals surface area contributed by atoms with Crippen molar-refractivity contribution in [2.45, 2.75) is 32.1 Å². The van der Waals surface area contributed by atoms with Gasteiger partial charge in [0.05, 0.1) is 12.7 Å². The van der Waals surface area contributed by atoms with Crippen molar-refractivity contribution >= 4 is 5.97 Å². The molecule has 2 rings (SSSR count). The van der Waals surface area contributed by atoms with Crippen LogP contribution in [-0.4, -0.2) is 18.1 Å². The molecule has 0 aromatic carbocycles. The number of esters is 1. The topological polar surface area (TPSA) is 39.2 Å². The lowest BCUT2D eigenvalue weighted by Crippen LogP contribution is -2.05. The summed E-state index contributed by atoms with van der Waals surface area (Å²) in [5.74, 6) is -0.297. The number of methoxy groups -OCH3 is 1. The summed E-state index contributed by atoms with van der Waals surface area (Å²) in [5, 5.41) is 0. The Bertz CT molecular complexity index is 374. The van der Waals surface area contributed by atoms with E-state index in [0.717, 1.165) is 18.5 Å². The Labute approximate surface area is 89.5 Å². The number of aryl methyl sites for hydroxylation is 2. The van der Waals surface area contributed by atoms with Crippen LogP contribution in [0.15, 0.2) is 12.3 Å². The Morgan fingerprint density at radius 3 is 2.93 bits per heavy atom. The predicted octanol–water partition coefficient (Wildman–Crippen LogP) is 2.14. The third-order valence-corrected chi connectivity index (χ3v) is 2.84. The van der Waals surface area contributed by atoms with Gasteiger partial charge in [-0.25, -0.2) is 4.79 Å². The van der Waals surface area contributed by atoms with Crippen LogP contribution in [0.1, 0.15) is 40.9 Å². The molecule has 0 fully saturated rings. The van der Waals surface area contributed by atoms with Gasteiger partial charge >= 0.3 is 5.97 Å². The number of hydrogen-bond donors (Lipinski definition) is 0. The number of fused-ring (bicyclic) bond motifs is 1. The summed E-state index contributed by atoms with van der Waals surface area (Å²) < 4.78 is 4.68. The third-order valence-electron chi connectivity index (χ3n) is 2.84. The molecule has 0 radical (unpaired) electrons. The van der Waals surface area contributed by atoms with Gasteiger partial charge in [0.15, 0.2) is 0 Å². The number of rotatable bonds is 1. The van der Waals surface area contributed by atoms with E-state index in [9.17, 15) is 4.79 Å². The van der Waals surface area contributed by atoms with Gasteiger partial charge < -0.3 is 4.74 Å². The van der Waals surface area contributed by atoms with Gasteiger partial charge in [0, 0.05) is 11.9 Å². The molecule has 0 saturated carbocycles. The summed E-state index contributed by atoms with van der Waals surface area (Å²) in [6.07, 6.45) is 7.35. The monoisotopic (exact) mass is 205 g/mol. The maximum absolute atomic E-state index is 11.3. The minimum absolute atomic E-state index is 0.297. The molecule has 0 bridgehead atoms. The normalized spacial score (nSPS) is 15.3. The second kappa shape index (κ2) is 4.43. The third kappa shape index (κ3) is 2.17. The van der Waals surface area contributed by atoms with E-state index in [1.165, 1.54) is 31.9 Å². The summed E-state index contributed by atoms with van der Waals surface area (Å²) in [6, 6.07) is 1.93. The second-order valence-electron chi connectivity index (χ2n) is 3.88. The van der Waals surface area contributed by atoms with Crippen molar-refractivity contribution < 1.29 is 9.53 Å². The number of ether oxygens (including phenoxy) is 1. The smallest absolute Gasteiger partial charge is 0.339 e. The zero-order chi connectivity index (χ0) is 10.7. The molecule has 80 valence electrons. The van der Waals surface area contributed by atoms with Crippen molar-refractivity contribution in [3.8, 4) is 0 Å². The predicted molar refractivity (Wildman–Crippen MR) is 56.8 cm³/mol. The minimum atomic E-state index is -0.297. The summed E-state index contributed by atoms with van der Waals surface area (Å²) in [5.41, 5.74) is 2.94. The maximum Gasteiger partial charge on any atom is 0.339 e. The molecule has 0 atom stereocenters. The zero-order valence-electron chi connectivity index (χ0n) is 8.95. The molecule has 3 nitrogen and oxygen atoms in total. The molecule has 3 heteroatoms. The van der Waals surface area contributed by atoms with E-state index < -0.39 is 0 Å². The SMILES string of the molecule is COC(=O)c1cnc2c(c1)CCCCC2. The van der Waals surface area contributed by atoms with Crippen LogP contribution in [-0.2, 0) is 17.6 Å². The molecule has 1 aromatic heterocycles. The average molecular weight is 205 g/mol. The van der Waals surface area contributed by atoms with Gasteiger partial charge in [0.2, 0.25) is 0 Å². The van der Waals surface area contributed by atoms with Crippen LogP contribution in [0.2, 0.25) is 0 Å². The molecule has 0 N–H and O–H groups in total. The Hall–Kier alpha value is -1.38. The van der Waals surface area contributed by atoms with E-state index in [0.29, 0.717) is 5.56 Å². The Morgan fingerprint density at radius 1 is 1.33 bits per heavy atom. The molecule has 0 aliphatic heterocycles. The van der Waals surface area contributed by atoms with Crippen LogP contribution in [0.4, 0.5) is 0 Å². The fourth-order valence-electron chi connectivity index (χ4n) is 1.99. The molecule has 1 aromatic rings. The quantitative estimate of drug-likeness (QED) is 0.521. The lowest BCUT2D eigenvalue weighted by Gasteiger charge is -2.06. The van der Waals surface area contributed by atoms with Crippen LogP contribution in [0.5, 0.6) is 0 Å². The highest BCUT2D eigenvalue weighted by Crippen LogP contribution is 2.19. The second-order valence-corrected chi connectivity index (χ2v) is 3.88. The summed E-state index contributed by atoms with van der Waals surface area (Å²) in [4.78, 5) is 15.7. The van der Waals surface area contributed by atoms with Gasteiger partial charge in [-0.05, 0) is 37.3 Å². The Kier molecular flexibility index (Phi) is 2.99. The van der Waals surface area contributed by atoms with Crippen LogP contribution in [0.3, 0.4) is 0 Å². The fourth-order valence-corrected chi connectivity index (χ4v) is 1.99. The van der Waals surface area contributed by atoms with Gasteiger partial charge in [0.1, 0.15) is 0 Å². The molecule has 0 saturated heterocycles. The van der Waals surface area contributed by atoms with Gasteiger partial charge in [-0.2, -0.15) is 0 Å². The molecular formula is C12H15NO2. The first-order valence-corrected chi connectivity index (χ1v) is 5.37. The Morgan fingerprint density at radius 2 is 2.13 bits per heavy atom. The maximum atomic E-state index is 11.3. The van der Waals surface area contributed by atoms with Crippen LogP contribution in [0, 0.1) is 0 Å². The van der Waals surface area contributed by atoms with Gasteiger partial charge in [0.25, 0.3) is 0 Å². The van der Waals surface area contributed by atoms with Crippen molar-refractivity contribution in [1.82, 2.24) is 4.98 Å². The van der Waals surface area contributed by atoms with Crippen molar-refractivity contribution in [2.24, 2.45) is 0 Å². The first-order valence-electron chi connectivity index (χ1n) is 5.37. The largest absolute Gasteiger partial charge is 0.465 e. The van der Waals surface area contributed by atoms with Crippen LogP contribution >= 0.6 is 0 Å². The number of carbonyl (C=O) groups excluding carboxylic acids is 1. The van der Waals surface area contributed by atoms with Crippen LogP contribution < -0.4 is 0 Å². The number of carbonyl (C=O) groups is 1. The highest BCUT2D eigenvalue weighted by atomic mass is 16.5. The van der Waals surface area contributed by atoms with Crippen molar-refractivity contribution in [2.75, 3.05) is 7.11 Å². The van der Waals surface area contributed by atoms with Crippen molar-refractivity contribution in [3.05, 3.63) is 29.1 Å². The average Bonchev–Trinajstić information content (AvgIpc) is 2.51. The van der Waals surface area contributed by atoms with Gasteiger partial charge in [-0.1, -0.05) is 6.42 Å². The minimum Gasteiger partial charge on any atom is -0.465 e. The highest BCUT2D eigenvalue weighted by Gasteiger charge is 2.13. The fraction of sp³-hybridized carbons (Fsp3) is 0.500. The first-order chi connectivity index (χ1) is 7.31. The molecule has 1 heterocycles. The number of nitrogens with zero attached hydrogens (tertiary/aromatic N) is 1. The number of aromatic nitrogens is 1. The molecule has 0 spiro atoms. The number of pyridine rings is 1. The molecule has 1 aliphatic carbocycles. The lowest BCUT2D eigenvalue weighted by atomic mass is 10.1. The summed E-state index contributed by atoms with van der Waals surface area (Å²) in [6.45, 7) is 0. The van der Waals surface area contributed by atoms with Crippen LogP contribution in [0.25, 0.3) is 0 Å². The summed E-state index contributed by atoms with van der Waals surface area (Å²) in [7, 11) is 1.40. The van der Waals surface area contributed by atoms with E-state index in [2.05, 4.69) is 9.72 Å². The van der Waals surface area contributed by atoms with Gasteiger partial charge in [-0.3, -0.25) is 4.98 Å². The lowest BCUT2D eigenvalue weighted by molar-refractivity contribution is 0.0600. The molecule has 0 amide bonds. The standard InChI is InChI=1S/C12H15NO2/c1-15-12(14)10-7-9-5-3-2-4-6-11(9)13-8-10/h7-8H,2-6H2,1H3. The molecule has 1 aliphatic rings. The molecule has 0 unspecified atom stereocenters. The van der Waals surface area contributed by atoms with E-state index in [1.54, 1.807) is 6.20 Å². The van der Waals surface area contributed by atoms with E-state index in [1.807, 2.05) is 6.07 Å². The highest BCUT2D eigenvalue weighted by molar-refractivity contribution is 5.89. The molecular weight excluding hydrogens is 190 g/mol. The van der Waals surface area contributed by atoms with Gasteiger partial charge in [-0.15, -0.1) is 0 Å². The summed E-state index contributed by atoms with van der Waals surface area (Å²) >= 11 is 0. The first kappa shape index (κ1) is 10.1. The Balaban J connectivity index is 2.31.